The molecule has 154 valence electrons. The lowest BCUT2D eigenvalue weighted by Gasteiger charge is -2.14. The fourth-order valence-electron chi connectivity index (χ4n) is 4.00. The molecule has 0 spiro atoms. The van der Waals surface area contributed by atoms with Gasteiger partial charge in [-0.05, 0) is 75.3 Å². The van der Waals surface area contributed by atoms with Gasteiger partial charge in [-0.1, -0.05) is 23.0 Å². The van der Waals surface area contributed by atoms with Gasteiger partial charge < -0.3 is 4.52 Å². The molecule has 1 aromatic carbocycles. The summed E-state index contributed by atoms with van der Waals surface area (Å²) in [6.45, 7) is 6.07. The zero-order chi connectivity index (χ0) is 20.8. The topological polar surface area (TPSA) is 60.9 Å². The van der Waals surface area contributed by atoms with Gasteiger partial charge in [0.2, 0.25) is 0 Å². The first-order valence-electron chi connectivity index (χ1n) is 10.2. The maximum Gasteiger partial charge on any atom is 0.267 e. The Morgan fingerprint density at radius 2 is 1.97 bits per heavy atom. The lowest BCUT2D eigenvalue weighted by atomic mass is 9.97. The highest BCUT2D eigenvalue weighted by molar-refractivity contribution is 7.98. The summed E-state index contributed by atoms with van der Waals surface area (Å²) in [6.07, 6.45) is 4.36. The van der Waals surface area contributed by atoms with Gasteiger partial charge in [-0.25, -0.2) is 4.98 Å². The van der Waals surface area contributed by atoms with Crippen LogP contribution in [0.4, 0.5) is 0 Å². The molecule has 0 radical (unpaired) electrons. The number of thioether (sulfide) groups is 1. The highest BCUT2D eigenvalue weighted by Crippen LogP contribution is 2.35. The van der Waals surface area contributed by atoms with Gasteiger partial charge in [-0.2, -0.15) is 0 Å². The highest BCUT2D eigenvalue weighted by atomic mass is 32.2. The van der Waals surface area contributed by atoms with E-state index in [0.29, 0.717) is 10.9 Å². The van der Waals surface area contributed by atoms with E-state index in [9.17, 15) is 4.79 Å². The van der Waals surface area contributed by atoms with Crippen molar-refractivity contribution in [2.45, 2.75) is 57.4 Å². The maximum absolute atomic E-state index is 13.8. The fourth-order valence-corrected chi connectivity index (χ4v) is 6.19. The quantitative estimate of drug-likeness (QED) is 0.310. The Bertz CT molecular complexity index is 1320. The van der Waals surface area contributed by atoms with Crippen LogP contribution < -0.4 is 5.56 Å². The number of fused-ring (bicyclic) bond motifs is 3. The van der Waals surface area contributed by atoms with Gasteiger partial charge >= 0.3 is 0 Å². The Balaban J connectivity index is 1.69. The summed E-state index contributed by atoms with van der Waals surface area (Å²) >= 11 is 3.21. The zero-order valence-electron chi connectivity index (χ0n) is 17.3. The third-order valence-corrected chi connectivity index (χ3v) is 7.87. The van der Waals surface area contributed by atoms with Crippen LogP contribution in [0.3, 0.4) is 0 Å². The number of thiophene rings is 1. The van der Waals surface area contributed by atoms with Crippen LogP contribution in [0, 0.1) is 20.8 Å². The number of aromatic nitrogens is 3. The summed E-state index contributed by atoms with van der Waals surface area (Å²) in [5.41, 5.74) is 5.35. The third kappa shape index (κ3) is 3.40. The van der Waals surface area contributed by atoms with E-state index in [-0.39, 0.29) is 5.56 Å². The van der Waals surface area contributed by atoms with Crippen LogP contribution in [-0.4, -0.2) is 14.7 Å². The number of hydrogen-bond donors (Lipinski definition) is 0. The van der Waals surface area contributed by atoms with E-state index < -0.39 is 0 Å². The van der Waals surface area contributed by atoms with Crippen molar-refractivity contribution in [2.24, 2.45) is 0 Å². The molecule has 30 heavy (non-hydrogen) atoms. The number of rotatable bonds is 4. The van der Waals surface area contributed by atoms with Crippen molar-refractivity contribution >= 4 is 33.3 Å². The van der Waals surface area contributed by atoms with Gasteiger partial charge in [0.25, 0.3) is 5.56 Å². The van der Waals surface area contributed by atoms with Crippen molar-refractivity contribution in [1.29, 1.82) is 0 Å². The van der Waals surface area contributed by atoms with Crippen LogP contribution in [0.5, 0.6) is 0 Å². The third-order valence-electron chi connectivity index (χ3n) is 5.73. The normalized spacial score (nSPS) is 13.7. The predicted octanol–water partition coefficient (Wildman–Crippen LogP) is 5.53. The molecule has 5 rings (SSSR count). The number of nitrogens with zero attached hydrogens (tertiary/aromatic N) is 3. The molecular formula is C23H23N3O2S2. The van der Waals surface area contributed by atoms with E-state index in [2.05, 4.69) is 31.1 Å². The minimum absolute atomic E-state index is 0.0407. The number of hydrogen-bond acceptors (Lipinski definition) is 6. The maximum atomic E-state index is 13.8. The molecule has 3 aromatic heterocycles. The molecule has 0 N–H and O–H groups in total. The minimum atomic E-state index is 0.0407. The molecule has 7 heteroatoms. The summed E-state index contributed by atoms with van der Waals surface area (Å²) in [4.78, 5) is 20.9. The second-order valence-electron chi connectivity index (χ2n) is 7.92. The van der Waals surface area contributed by atoms with E-state index in [1.165, 1.54) is 34.2 Å². The molecule has 0 fully saturated rings. The van der Waals surface area contributed by atoms with Crippen LogP contribution in [0.15, 0.2) is 38.7 Å². The molecule has 0 atom stereocenters. The van der Waals surface area contributed by atoms with E-state index >= 15 is 0 Å². The number of benzene rings is 1. The monoisotopic (exact) mass is 437 g/mol. The first-order chi connectivity index (χ1) is 14.5. The smallest absolute Gasteiger partial charge is 0.267 e. The lowest BCUT2D eigenvalue weighted by Crippen LogP contribution is -2.22. The van der Waals surface area contributed by atoms with Crippen LogP contribution in [0.1, 0.15) is 45.9 Å². The van der Waals surface area contributed by atoms with E-state index in [0.717, 1.165) is 52.2 Å². The van der Waals surface area contributed by atoms with Crippen molar-refractivity contribution in [2.75, 3.05) is 0 Å². The van der Waals surface area contributed by atoms with E-state index in [1.807, 2.05) is 19.1 Å². The number of aryl methyl sites for hydroxylation is 5. The van der Waals surface area contributed by atoms with Gasteiger partial charge in [0.05, 0.1) is 22.5 Å². The zero-order valence-corrected chi connectivity index (χ0v) is 19.0. The van der Waals surface area contributed by atoms with Crippen molar-refractivity contribution < 1.29 is 4.52 Å². The summed E-state index contributed by atoms with van der Waals surface area (Å²) < 4.78 is 7.15. The lowest BCUT2D eigenvalue weighted by molar-refractivity contribution is 0.391. The second kappa shape index (κ2) is 7.71. The molecular weight excluding hydrogens is 414 g/mol. The van der Waals surface area contributed by atoms with Crippen molar-refractivity contribution in [3.63, 3.8) is 0 Å². The van der Waals surface area contributed by atoms with Crippen LogP contribution in [-0.2, 0) is 18.6 Å². The average Bonchev–Trinajstić information content (AvgIpc) is 3.31. The molecule has 0 unspecified atom stereocenters. The fraction of sp³-hybridized carbons (Fsp3) is 0.348. The Morgan fingerprint density at radius 3 is 2.73 bits per heavy atom. The van der Waals surface area contributed by atoms with Gasteiger partial charge in [0.1, 0.15) is 10.6 Å². The van der Waals surface area contributed by atoms with Crippen LogP contribution in [0.2, 0.25) is 0 Å². The average molecular weight is 438 g/mol. The molecule has 4 aromatic rings. The molecule has 3 heterocycles. The Labute approximate surface area is 183 Å². The molecule has 1 aliphatic rings. The molecule has 0 amide bonds. The van der Waals surface area contributed by atoms with E-state index in [4.69, 9.17) is 9.51 Å². The molecule has 5 nitrogen and oxygen atoms in total. The molecule has 0 saturated carbocycles. The predicted molar refractivity (Wildman–Crippen MR) is 122 cm³/mol. The molecule has 0 saturated heterocycles. The van der Waals surface area contributed by atoms with Crippen molar-refractivity contribution in [3.05, 3.63) is 67.6 Å². The second-order valence-corrected chi connectivity index (χ2v) is 9.94. The van der Waals surface area contributed by atoms with Gasteiger partial charge in [0, 0.05) is 10.9 Å². The standard InChI is InChI=1S/C23H23N3O2S2/c1-13-8-9-16(10-14(13)2)26-22(27)20-18-6-4-5-7-19(18)30-21(20)24-23(26)29-12-17-11-15(3)25-28-17/h8-11H,4-7,12H2,1-3H3. The minimum Gasteiger partial charge on any atom is -0.360 e. The Hall–Kier alpha value is -2.38. The van der Waals surface area contributed by atoms with Crippen molar-refractivity contribution in [3.8, 4) is 5.69 Å². The SMILES string of the molecule is Cc1cc(CSc2nc3sc4c(c3c(=O)n2-c2ccc(C)c(C)c2)CCCC4)on1. The summed E-state index contributed by atoms with van der Waals surface area (Å²) in [6, 6.07) is 8.08. The summed E-state index contributed by atoms with van der Waals surface area (Å²) in [5, 5.41) is 5.48. The van der Waals surface area contributed by atoms with Gasteiger partial charge in [-0.3, -0.25) is 9.36 Å². The van der Waals surface area contributed by atoms with Gasteiger partial charge in [0.15, 0.2) is 5.16 Å². The molecule has 1 aliphatic carbocycles. The van der Waals surface area contributed by atoms with Gasteiger partial charge in [-0.15, -0.1) is 11.3 Å². The largest absolute Gasteiger partial charge is 0.360 e. The van der Waals surface area contributed by atoms with E-state index in [1.54, 1.807) is 15.9 Å². The first-order valence-corrected chi connectivity index (χ1v) is 12.0. The molecule has 0 aliphatic heterocycles. The summed E-state index contributed by atoms with van der Waals surface area (Å²) in [7, 11) is 0. The first kappa shape index (κ1) is 19.6. The Morgan fingerprint density at radius 1 is 1.13 bits per heavy atom. The Kier molecular flexibility index (Phi) is 5.03. The van der Waals surface area contributed by atoms with Crippen LogP contribution >= 0.6 is 23.1 Å². The molecule has 0 bridgehead atoms. The van der Waals surface area contributed by atoms with Crippen molar-refractivity contribution in [1.82, 2.24) is 14.7 Å². The summed E-state index contributed by atoms with van der Waals surface area (Å²) in [5.74, 6) is 1.36. The highest BCUT2D eigenvalue weighted by Gasteiger charge is 2.23. The van der Waals surface area contributed by atoms with Crippen LogP contribution in [0.25, 0.3) is 15.9 Å².